The summed E-state index contributed by atoms with van der Waals surface area (Å²) in [6.45, 7) is 0. The van der Waals surface area contributed by atoms with Crippen molar-refractivity contribution in [2.24, 2.45) is 0 Å². The molecule has 0 aliphatic carbocycles. The molecule has 2 N–H and O–H groups in total. The van der Waals surface area contributed by atoms with Gasteiger partial charge < -0.3 is 0 Å². The Balaban J connectivity index is 0.000000179. The zero-order valence-electron chi connectivity index (χ0n) is 5.49. The molecule has 2 bridgehead atoms. The minimum absolute atomic E-state index is 1.18. The van der Waals surface area contributed by atoms with Crippen LogP contribution in [0.15, 0.2) is 22.2 Å². The SMILES string of the molecule is Ic1c2ccnc1S2.[OH][Zn][OH]. The number of hydrogen-bond acceptors (Lipinski definition) is 4. The van der Waals surface area contributed by atoms with E-state index >= 15 is 0 Å². The molecule has 0 aromatic carbocycles. The molecule has 1 aromatic heterocycles. The van der Waals surface area contributed by atoms with E-state index in [0.717, 1.165) is 0 Å². The van der Waals surface area contributed by atoms with Gasteiger partial charge in [-0.1, -0.05) is 11.8 Å². The second-order valence-electron chi connectivity index (χ2n) is 1.67. The van der Waals surface area contributed by atoms with Crippen LogP contribution in [0.4, 0.5) is 0 Å². The van der Waals surface area contributed by atoms with Gasteiger partial charge >= 0.3 is 25.7 Å². The first-order valence-electron chi connectivity index (χ1n) is 2.83. The van der Waals surface area contributed by atoms with Crippen LogP contribution in [0.2, 0.25) is 0 Å². The van der Waals surface area contributed by atoms with Crippen LogP contribution in [0, 0.1) is 3.57 Å². The average molecular weight is 334 g/mol. The van der Waals surface area contributed by atoms with Crippen molar-refractivity contribution < 1.29 is 25.7 Å². The van der Waals surface area contributed by atoms with Crippen LogP contribution in [0.3, 0.4) is 0 Å². The molecule has 0 spiro atoms. The van der Waals surface area contributed by atoms with E-state index in [1.807, 2.05) is 12.3 Å². The van der Waals surface area contributed by atoms with E-state index in [0.29, 0.717) is 0 Å². The first-order valence-corrected chi connectivity index (χ1v) is 7.38. The molecule has 0 saturated carbocycles. The Hall–Kier alpha value is 0.773. The molecule has 0 radical (unpaired) electrons. The van der Waals surface area contributed by atoms with Crippen molar-refractivity contribution in [2.45, 2.75) is 9.92 Å². The summed E-state index contributed by atoms with van der Waals surface area (Å²) >= 11 is 2.19. The van der Waals surface area contributed by atoms with Crippen LogP contribution in [0.1, 0.15) is 0 Å². The topological polar surface area (TPSA) is 53.4 Å². The van der Waals surface area contributed by atoms with Crippen LogP contribution >= 0.6 is 34.4 Å². The van der Waals surface area contributed by atoms with Crippen LogP contribution in [-0.4, -0.2) is 12.8 Å². The zero-order valence-corrected chi connectivity index (χ0v) is 11.4. The molecule has 0 fully saturated rings. The third-order valence-corrected chi connectivity index (χ3v) is 3.92. The van der Waals surface area contributed by atoms with Crippen molar-refractivity contribution in [3.05, 3.63) is 15.8 Å². The van der Waals surface area contributed by atoms with Gasteiger partial charge in [-0.25, -0.2) is 4.98 Å². The molecule has 3 nitrogen and oxygen atoms in total. The number of pyridine rings is 1. The molecule has 2 aliphatic rings. The van der Waals surface area contributed by atoms with Gasteiger partial charge in [0.25, 0.3) is 0 Å². The summed E-state index contributed by atoms with van der Waals surface area (Å²) in [6.07, 6.45) is 1.85. The molecule has 0 saturated heterocycles. The molecule has 0 amide bonds. The molecular formula is C5H4INO2SZn. The number of halogens is 1. The molecule has 0 atom stereocenters. The van der Waals surface area contributed by atoms with Crippen molar-refractivity contribution in [1.82, 2.24) is 4.98 Å². The van der Waals surface area contributed by atoms with Crippen LogP contribution in [-0.2, 0) is 17.8 Å². The standard InChI is InChI=1S/C5H2INS.2H2O.Zn/c6-4-3-1-2-7-5(4)8-3;;;/h1-2H;2*1H2;/q;;;+2/p-2. The second-order valence-corrected chi connectivity index (χ2v) is 4.37. The van der Waals surface area contributed by atoms with Gasteiger partial charge in [0, 0.05) is 11.1 Å². The van der Waals surface area contributed by atoms with Gasteiger partial charge in [0.15, 0.2) is 0 Å². The maximum absolute atomic E-state index is 7.31. The van der Waals surface area contributed by atoms with Gasteiger partial charge in [-0.3, -0.25) is 0 Å². The van der Waals surface area contributed by atoms with Gasteiger partial charge in [-0.05, 0) is 28.7 Å². The van der Waals surface area contributed by atoms with Crippen LogP contribution < -0.4 is 0 Å². The quantitative estimate of drug-likeness (QED) is 0.558. The van der Waals surface area contributed by atoms with Crippen molar-refractivity contribution in [3.8, 4) is 0 Å². The summed E-state index contributed by atoms with van der Waals surface area (Å²) in [5.74, 6) is 0. The van der Waals surface area contributed by atoms with Gasteiger partial charge in [0.05, 0.1) is 3.57 Å². The van der Waals surface area contributed by atoms with E-state index < -0.39 is 17.8 Å². The maximum atomic E-state index is 7.31. The molecular weight excluding hydrogens is 330 g/mol. The molecule has 3 rings (SSSR count). The fourth-order valence-corrected chi connectivity index (χ4v) is 2.28. The van der Waals surface area contributed by atoms with E-state index in [9.17, 15) is 0 Å². The van der Waals surface area contributed by atoms with E-state index in [4.69, 9.17) is 7.87 Å². The van der Waals surface area contributed by atoms with E-state index in [-0.39, 0.29) is 0 Å². The first kappa shape index (κ1) is 9.86. The number of rotatable bonds is 0. The monoisotopic (exact) mass is 333 g/mol. The molecule has 56 valence electrons. The van der Waals surface area contributed by atoms with Crippen LogP contribution in [0.25, 0.3) is 0 Å². The number of aromatic nitrogens is 1. The molecule has 6 heteroatoms. The van der Waals surface area contributed by atoms with Crippen molar-refractivity contribution in [2.75, 3.05) is 0 Å². The van der Waals surface area contributed by atoms with Gasteiger partial charge in [-0.15, -0.1) is 0 Å². The summed E-state index contributed by atoms with van der Waals surface area (Å²) in [5, 5.41) is 1.18. The molecule has 3 heterocycles. The molecule has 1 aromatic rings. The normalized spacial score (nSPS) is 10.5. The Kier molecular flexibility index (Phi) is 4.23. The molecule has 2 aliphatic heterocycles. The molecule has 11 heavy (non-hydrogen) atoms. The third-order valence-electron chi connectivity index (χ3n) is 1.03. The Bertz CT molecular complexity index is 240. The number of nitrogens with zero attached hydrogens (tertiary/aromatic N) is 1. The fraction of sp³-hybridized carbons (Fsp3) is 0. The Morgan fingerprint density at radius 3 is 2.36 bits per heavy atom. The summed E-state index contributed by atoms with van der Waals surface area (Å²) in [7, 11) is 0. The Morgan fingerprint density at radius 1 is 1.55 bits per heavy atom. The second kappa shape index (κ2) is 4.71. The van der Waals surface area contributed by atoms with E-state index in [2.05, 4.69) is 27.6 Å². The van der Waals surface area contributed by atoms with E-state index in [1.54, 1.807) is 11.8 Å². The van der Waals surface area contributed by atoms with Gasteiger partial charge in [0.1, 0.15) is 5.03 Å². The van der Waals surface area contributed by atoms with Crippen LogP contribution in [0.5, 0.6) is 0 Å². The van der Waals surface area contributed by atoms with E-state index in [1.165, 1.54) is 13.5 Å². The van der Waals surface area contributed by atoms with Gasteiger partial charge in [0.2, 0.25) is 0 Å². The van der Waals surface area contributed by atoms with Crippen molar-refractivity contribution in [1.29, 1.82) is 0 Å². The van der Waals surface area contributed by atoms with Gasteiger partial charge in [-0.2, -0.15) is 0 Å². The zero-order chi connectivity index (χ0) is 8.27. The Labute approximate surface area is 90.2 Å². The van der Waals surface area contributed by atoms with Crippen molar-refractivity contribution >= 4 is 34.4 Å². The first-order chi connectivity index (χ1) is 5.29. The fourth-order valence-electron chi connectivity index (χ4n) is 0.616. The summed E-state index contributed by atoms with van der Waals surface area (Å²) in [5.41, 5.74) is 0. The summed E-state index contributed by atoms with van der Waals surface area (Å²) < 4.78 is 16.0. The predicted molar refractivity (Wildman–Crippen MR) is 45.5 cm³/mol. The summed E-state index contributed by atoms with van der Waals surface area (Å²) in [6, 6.07) is 2.04. The predicted octanol–water partition coefficient (Wildman–Crippen LogP) is 1.03. The minimum atomic E-state index is -1.88. The van der Waals surface area contributed by atoms with Crippen molar-refractivity contribution in [3.63, 3.8) is 0 Å². The Morgan fingerprint density at radius 2 is 2.18 bits per heavy atom. The number of hydrogen-bond donors (Lipinski definition) is 2. The average Bonchev–Trinajstić information content (AvgIpc) is 2.06. The summed E-state index contributed by atoms with van der Waals surface area (Å²) in [4.78, 5) is 5.48. The number of fused-ring (bicyclic) bond motifs is 2. The molecule has 0 unspecified atom stereocenters. The third kappa shape index (κ3) is 2.35.